The van der Waals surface area contributed by atoms with Gasteiger partial charge in [0.25, 0.3) is 0 Å². The predicted molar refractivity (Wildman–Crippen MR) is 44.7 cm³/mol. The lowest BCUT2D eigenvalue weighted by molar-refractivity contribution is -0.144. The molecule has 0 spiro atoms. The van der Waals surface area contributed by atoms with E-state index in [1.807, 2.05) is 0 Å². The number of hydrogen-bond acceptors (Lipinski definition) is 3. The summed E-state index contributed by atoms with van der Waals surface area (Å²) in [5, 5.41) is 0. The minimum absolute atomic E-state index is 0. The Morgan fingerprint density at radius 1 is 1.60 bits per heavy atom. The molecule has 0 amide bonds. The molecule has 62 valence electrons. The summed E-state index contributed by atoms with van der Waals surface area (Å²) in [6.45, 7) is 5.74. The number of carbonyl (C=O) groups excluding carboxylic acids is 1. The lowest BCUT2D eigenvalue weighted by Gasteiger charge is -2.12. The number of halogens is 1. The van der Waals surface area contributed by atoms with Gasteiger partial charge in [-0.2, -0.15) is 0 Å². The molecule has 0 aliphatic heterocycles. The van der Waals surface area contributed by atoms with Gasteiger partial charge in [0.1, 0.15) is 4.32 Å². The van der Waals surface area contributed by atoms with Crippen LogP contribution in [0.4, 0.5) is 0 Å². The third-order valence-electron chi connectivity index (χ3n) is 0.761. The maximum atomic E-state index is 10.8. The van der Waals surface area contributed by atoms with Crippen molar-refractivity contribution >= 4 is 21.9 Å². The Kier molecular flexibility index (Phi) is 5.89. The lowest BCUT2D eigenvalue weighted by Crippen LogP contribution is -2.26. The van der Waals surface area contributed by atoms with Crippen molar-refractivity contribution in [3.05, 3.63) is 0 Å². The first-order valence-corrected chi connectivity index (χ1v) is 3.64. The Balaban J connectivity index is 0. The molecule has 3 nitrogen and oxygen atoms in total. The molecule has 0 radical (unpaired) electrons. The third-order valence-corrected chi connectivity index (χ3v) is 1.08. The first kappa shape index (κ1) is 12.6. The van der Waals surface area contributed by atoms with Crippen molar-refractivity contribution in [3.63, 3.8) is 0 Å². The monoisotopic (exact) mass is 211 g/mol. The van der Waals surface area contributed by atoms with E-state index in [2.05, 4.69) is 15.9 Å². The van der Waals surface area contributed by atoms with Gasteiger partial charge < -0.3 is 10.9 Å². The van der Waals surface area contributed by atoms with Crippen LogP contribution in [0.25, 0.3) is 0 Å². The van der Waals surface area contributed by atoms with Crippen molar-refractivity contribution in [3.8, 4) is 0 Å². The summed E-state index contributed by atoms with van der Waals surface area (Å²) in [7, 11) is 0. The fraction of sp³-hybridized carbons (Fsp3) is 0.833. The van der Waals surface area contributed by atoms with Crippen LogP contribution in [-0.2, 0) is 9.53 Å². The Morgan fingerprint density at radius 3 is 2.10 bits per heavy atom. The number of carbonyl (C=O) groups is 1. The molecule has 0 saturated carbocycles. The molecule has 0 heterocycles. The van der Waals surface area contributed by atoms with Crippen molar-refractivity contribution in [1.82, 2.24) is 6.15 Å². The SMILES string of the molecule is CCOC(=O)C(C)(C)Br.N. The average Bonchev–Trinajstić information content (AvgIpc) is 1.64. The second-order valence-electron chi connectivity index (χ2n) is 2.19. The quantitative estimate of drug-likeness (QED) is 0.561. The molecule has 4 heteroatoms. The van der Waals surface area contributed by atoms with E-state index in [0.29, 0.717) is 6.61 Å². The predicted octanol–water partition coefficient (Wildman–Crippen LogP) is 1.88. The first-order valence-electron chi connectivity index (χ1n) is 2.84. The van der Waals surface area contributed by atoms with Crippen LogP contribution in [0.1, 0.15) is 20.8 Å². The maximum Gasteiger partial charge on any atom is 0.322 e. The molecule has 0 atom stereocenters. The van der Waals surface area contributed by atoms with E-state index in [1.54, 1.807) is 20.8 Å². The van der Waals surface area contributed by atoms with Crippen LogP contribution in [0.2, 0.25) is 0 Å². The summed E-state index contributed by atoms with van der Waals surface area (Å²) in [4.78, 5) is 10.8. The van der Waals surface area contributed by atoms with Crippen LogP contribution < -0.4 is 6.15 Å². The largest absolute Gasteiger partial charge is 0.465 e. The molecule has 3 N–H and O–H groups in total. The normalized spacial score (nSPS) is 10.0. The lowest BCUT2D eigenvalue weighted by atomic mass is 10.2. The van der Waals surface area contributed by atoms with Crippen molar-refractivity contribution in [1.29, 1.82) is 0 Å². The van der Waals surface area contributed by atoms with Gasteiger partial charge in [0.15, 0.2) is 0 Å². The first-order chi connectivity index (χ1) is 3.98. The second-order valence-corrected chi connectivity index (χ2v) is 4.18. The molecular weight excluding hydrogens is 198 g/mol. The summed E-state index contributed by atoms with van der Waals surface area (Å²) in [6, 6.07) is 0. The minimum Gasteiger partial charge on any atom is -0.465 e. The summed E-state index contributed by atoms with van der Waals surface area (Å²) < 4.78 is 4.18. The molecule has 0 rings (SSSR count). The summed E-state index contributed by atoms with van der Waals surface area (Å²) in [5.74, 6) is -0.218. The Morgan fingerprint density at radius 2 is 2.00 bits per heavy atom. The molecule has 0 aromatic carbocycles. The zero-order valence-electron chi connectivity index (χ0n) is 6.61. The molecular formula is C6H14BrNO2. The average molecular weight is 212 g/mol. The highest BCUT2D eigenvalue weighted by atomic mass is 79.9. The fourth-order valence-corrected chi connectivity index (χ4v) is 0.417. The maximum absolute atomic E-state index is 10.8. The second kappa shape index (κ2) is 4.68. The molecule has 0 aliphatic carbocycles. The number of rotatable bonds is 2. The van der Waals surface area contributed by atoms with Gasteiger partial charge in [0.2, 0.25) is 0 Å². The summed E-state index contributed by atoms with van der Waals surface area (Å²) >= 11 is 3.17. The van der Waals surface area contributed by atoms with Crippen molar-refractivity contribution < 1.29 is 9.53 Å². The number of esters is 1. The molecule has 0 aromatic heterocycles. The Hall–Kier alpha value is -0.0900. The number of alkyl halides is 1. The van der Waals surface area contributed by atoms with Gasteiger partial charge in [-0.1, -0.05) is 15.9 Å². The third kappa shape index (κ3) is 4.76. The van der Waals surface area contributed by atoms with Crippen molar-refractivity contribution in [2.45, 2.75) is 25.1 Å². The highest BCUT2D eigenvalue weighted by molar-refractivity contribution is 9.10. The van der Waals surface area contributed by atoms with Crippen molar-refractivity contribution in [2.75, 3.05) is 6.61 Å². The minimum atomic E-state index is -0.539. The van der Waals surface area contributed by atoms with Crippen LogP contribution >= 0.6 is 15.9 Å². The van der Waals surface area contributed by atoms with Crippen LogP contribution in [0.5, 0.6) is 0 Å². The number of ether oxygens (including phenoxy) is 1. The zero-order chi connectivity index (χ0) is 7.49. The Labute approximate surface area is 69.8 Å². The van der Waals surface area contributed by atoms with Gasteiger partial charge >= 0.3 is 5.97 Å². The highest BCUT2D eigenvalue weighted by Gasteiger charge is 2.24. The smallest absolute Gasteiger partial charge is 0.322 e. The topological polar surface area (TPSA) is 61.3 Å². The highest BCUT2D eigenvalue weighted by Crippen LogP contribution is 2.16. The van der Waals surface area contributed by atoms with E-state index >= 15 is 0 Å². The summed E-state index contributed by atoms with van der Waals surface area (Å²) in [5.41, 5.74) is 0. The van der Waals surface area contributed by atoms with Crippen LogP contribution in [0.15, 0.2) is 0 Å². The van der Waals surface area contributed by atoms with Crippen LogP contribution in [0, 0.1) is 0 Å². The van der Waals surface area contributed by atoms with Crippen LogP contribution in [0.3, 0.4) is 0 Å². The van der Waals surface area contributed by atoms with E-state index in [4.69, 9.17) is 4.74 Å². The van der Waals surface area contributed by atoms with E-state index in [-0.39, 0.29) is 12.1 Å². The Bertz CT molecular complexity index is 109. The molecule has 0 aliphatic rings. The molecule has 0 saturated heterocycles. The van der Waals surface area contributed by atoms with Gasteiger partial charge in [-0.25, -0.2) is 0 Å². The standard InChI is InChI=1S/C6H11BrO2.H3N/c1-4-9-5(8)6(2,3)7;/h4H2,1-3H3;1H3. The van der Waals surface area contributed by atoms with Gasteiger partial charge in [0, 0.05) is 0 Å². The number of hydrogen-bond donors (Lipinski definition) is 1. The molecule has 0 bridgehead atoms. The van der Waals surface area contributed by atoms with Gasteiger partial charge in [-0.05, 0) is 20.8 Å². The molecule has 10 heavy (non-hydrogen) atoms. The zero-order valence-corrected chi connectivity index (χ0v) is 8.19. The molecule has 0 fully saturated rings. The van der Waals surface area contributed by atoms with E-state index in [0.717, 1.165) is 0 Å². The van der Waals surface area contributed by atoms with Gasteiger partial charge in [-0.3, -0.25) is 4.79 Å². The fourth-order valence-electron chi connectivity index (χ4n) is 0.303. The van der Waals surface area contributed by atoms with E-state index in [1.165, 1.54) is 0 Å². The van der Waals surface area contributed by atoms with E-state index < -0.39 is 4.32 Å². The van der Waals surface area contributed by atoms with Gasteiger partial charge in [0.05, 0.1) is 6.61 Å². The van der Waals surface area contributed by atoms with E-state index in [9.17, 15) is 4.79 Å². The van der Waals surface area contributed by atoms with Gasteiger partial charge in [-0.15, -0.1) is 0 Å². The van der Waals surface area contributed by atoms with Crippen LogP contribution in [-0.4, -0.2) is 16.9 Å². The summed E-state index contributed by atoms with van der Waals surface area (Å²) in [6.07, 6.45) is 0. The van der Waals surface area contributed by atoms with Crippen molar-refractivity contribution in [2.24, 2.45) is 0 Å². The molecule has 0 unspecified atom stereocenters. The molecule has 0 aromatic rings.